The van der Waals surface area contributed by atoms with Crippen LogP contribution in [0.3, 0.4) is 0 Å². The molecule has 0 aromatic carbocycles. The van der Waals surface area contributed by atoms with Gasteiger partial charge < -0.3 is 0 Å². The van der Waals surface area contributed by atoms with Gasteiger partial charge in [0.05, 0.1) is 17.9 Å². The summed E-state index contributed by atoms with van der Waals surface area (Å²) in [5.41, 5.74) is 3.85. The summed E-state index contributed by atoms with van der Waals surface area (Å²) in [6.07, 6.45) is 7.11. The molecule has 0 fully saturated rings. The first-order valence-corrected chi connectivity index (χ1v) is 4.22. The minimum absolute atomic E-state index is 0.872. The number of aromatic amines is 2. The molecule has 0 amide bonds. The number of fused-ring (bicyclic) bond motifs is 1. The Labute approximate surface area is 79.2 Å². The Morgan fingerprint density at radius 2 is 2.00 bits per heavy atom. The van der Waals surface area contributed by atoms with Crippen molar-refractivity contribution in [1.82, 2.24) is 25.4 Å². The number of aromatic nitrogens is 5. The lowest BCUT2D eigenvalue weighted by Crippen LogP contribution is -1.78. The van der Waals surface area contributed by atoms with Crippen molar-refractivity contribution in [2.75, 3.05) is 0 Å². The summed E-state index contributed by atoms with van der Waals surface area (Å²) < 4.78 is 0. The second-order valence-electron chi connectivity index (χ2n) is 3.01. The van der Waals surface area contributed by atoms with E-state index in [9.17, 15) is 0 Å². The first kappa shape index (κ1) is 7.25. The van der Waals surface area contributed by atoms with Crippen molar-refractivity contribution in [2.45, 2.75) is 0 Å². The summed E-state index contributed by atoms with van der Waals surface area (Å²) in [5, 5.41) is 13.4. The van der Waals surface area contributed by atoms with Gasteiger partial charge in [-0.1, -0.05) is 0 Å². The zero-order chi connectivity index (χ0) is 9.38. The van der Waals surface area contributed by atoms with E-state index in [4.69, 9.17) is 0 Å². The fourth-order valence-electron chi connectivity index (χ4n) is 1.40. The number of H-pyrrole nitrogens is 2. The maximum atomic E-state index is 4.26. The fraction of sp³-hybridized carbons (Fsp3) is 0. The minimum atomic E-state index is 0.872. The molecule has 5 heteroatoms. The van der Waals surface area contributed by atoms with Gasteiger partial charge in [0.1, 0.15) is 5.52 Å². The van der Waals surface area contributed by atoms with Crippen molar-refractivity contribution < 1.29 is 0 Å². The van der Waals surface area contributed by atoms with Crippen LogP contribution in [0.5, 0.6) is 0 Å². The third-order valence-corrected chi connectivity index (χ3v) is 2.12. The number of pyridine rings is 1. The molecule has 0 unspecified atom stereocenters. The molecule has 0 aliphatic carbocycles. The number of nitrogens with zero attached hydrogens (tertiary/aromatic N) is 3. The van der Waals surface area contributed by atoms with E-state index in [0.717, 1.165) is 22.2 Å². The molecule has 3 aromatic heterocycles. The molecule has 0 aliphatic rings. The Balaban J connectivity index is 2.23. The standard InChI is InChI=1S/C9H7N5/c1-6(7-3-11-12-4-7)2-10-9-5-13-14-8(1)9/h1-5H,(H,11,12)(H,13,14). The largest absolute Gasteiger partial charge is 0.285 e. The Bertz CT molecular complexity index is 551. The highest BCUT2D eigenvalue weighted by atomic mass is 15.1. The Morgan fingerprint density at radius 3 is 2.86 bits per heavy atom. The topological polar surface area (TPSA) is 70.2 Å². The van der Waals surface area contributed by atoms with E-state index in [-0.39, 0.29) is 0 Å². The average Bonchev–Trinajstić information content (AvgIpc) is 2.88. The van der Waals surface area contributed by atoms with E-state index in [0.29, 0.717) is 0 Å². The monoisotopic (exact) mass is 185 g/mol. The molecule has 5 nitrogen and oxygen atoms in total. The molecule has 0 saturated carbocycles. The van der Waals surface area contributed by atoms with Gasteiger partial charge in [0.2, 0.25) is 0 Å². The molecule has 0 spiro atoms. The lowest BCUT2D eigenvalue weighted by Gasteiger charge is -1.95. The summed E-state index contributed by atoms with van der Waals surface area (Å²) >= 11 is 0. The van der Waals surface area contributed by atoms with Gasteiger partial charge in [0.25, 0.3) is 0 Å². The molecule has 68 valence electrons. The molecule has 0 aliphatic heterocycles. The zero-order valence-electron chi connectivity index (χ0n) is 7.23. The summed E-state index contributed by atoms with van der Waals surface area (Å²) in [6.45, 7) is 0. The summed E-state index contributed by atoms with van der Waals surface area (Å²) in [7, 11) is 0. The Kier molecular flexibility index (Phi) is 1.38. The first-order chi connectivity index (χ1) is 6.93. The molecule has 3 aromatic rings. The van der Waals surface area contributed by atoms with Crippen molar-refractivity contribution in [3.05, 3.63) is 30.9 Å². The van der Waals surface area contributed by atoms with Crippen LogP contribution in [0, 0.1) is 0 Å². The van der Waals surface area contributed by atoms with Gasteiger partial charge in [-0.2, -0.15) is 10.2 Å². The molecule has 0 saturated heterocycles. The Morgan fingerprint density at radius 1 is 1.00 bits per heavy atom. The van der Waals surface area contributed by atoms with Gasteiger partial charge >= 0.3 is 0 Å². The maximum absolute atomic E-state index is 4.26. The molecule has 0 bridgehead atoms. The van der Waals surface area contributed by atoms with Gasteiger partial charge in [-0.05, 0) is 6.07 Å². The summed E-state index contributed by atoms with van der Waals surface area (Å²) in [4.78, 5) is 4.26. The molecule has 3 rings (SSSR count). The van der Waals surface area contributed by atoms with Gasteiger partial charge in [-0.3, -0.25) is 15.2 Å². The van der Waals surface area contributed by atoms with E-state index in [1.54, 1.807) is 12.4 Å². The van der Waals surface area contributed by atoms with E-state index in [2.05, 4.69) is 25.4 Å². The van der Waals surface area contributed by atoms with Crippen LogP contribution in [-0.2, 0) is 0 Å². The van der Waals surface area contributed by atoms with Gasteiger partial charge in [0.15, 0.2) is 0 Å². The van der Waals surface area contributed by atoms with E-state index in [1.807, 2.05) is 18.5 Å². The van der Waals surface area contributed by atoms with E-state index >= 15 is 0 Å². The minimum Gasteiger partial charge on any atom is -0.285 e. The fourth-order valence-corrected chi connectivity index (χ4v) is 1.40. The number of rotatable bonds is 1. The smallest absolute Gasteiger partial charge is 0.108 e. The molecular formula is C9H7N5. The van der Waals surface area contributed by atoms with Crippen LogP contribution >= 0.6 is 0 Å². The number of hydrogen-bond donors (Lipinski definition) is 2. The molecule has 0 radical (unpaired) electrons. The van der Waals surface area contributed by atoms with E-state index in [1.165, 1.54) is 0 Å². The predicted octanol–water partition coefficient (Wildman–Crippen LogP) is 1.35. The van der Waals surface area contributed by atoms with Crippen LogP contribution in [0.25, 0.3) is 22.2 Å². The quantitative estimate of drug-likeness (QED) is 0.601. The molecule has 3 heterocycles. The van der Waals surface area contributed by atoms with Crippen molar-refractivity contribution in [3.8, 4) is 11.1 Å². The molecule has 14 heavy (non-hydrogen) atoms. The van der Waals surface area contributed by atoms with Crippen LogP contribution < -0.4 is 0 Å². The summed E-state index contributed by atoms with van der Waals surface area (Å²) in [6, 6.07) is 2.00. The first-order valence-electron chi connectivity index (χ1n) is 4.22. The third-order valence-electron chi connectivity index (χ3n) is 2.12. The highest BCUT2D eigenvalue weighted by molar-refractivity contribution is 5.79. The molecule has 2 N–H and O–H groups in total. The van der Waals surface area contributed by atoms with Crippen LogP contribution in [-0.4, -0.2) is 25.4 Å². The maximum Gasteiger partial charge on any atom is 0.108 e. The number of nitrogens with one attached hydrogen (secondary N) is 2. The SMILES string of the molecule is c1n[nH]cc1-c1cnc2cn[nH]c2c1. The average molecular weight is 185 g/mol. The second-order valence-corrected chi connectivity index (χ2v) is 3.01. The number of hydrogen-bond acceptors (Lipinski definition) is 3. The highest BCUT2D eigenvalue weighted by Crippen LogP contribution is 2.19. The van der Waals surface area contributed by atoms with Crippen LogP contribution in [0.2, 0.25) is 0 Å². The van der Waals surface area contributed by atoms with Crippen molar-refractivity contribution in [1.29, 1.82) is 0 Å². The normalized spacial score (nSPS) is 10.9. The van der Waals surface area contributed by atoms with Crippen molar-refractivity contribution in [2.24, 2.45) is 0 Å². The Hall–Kier alpha value is -2.17. The van der Waals surface area contributed by atoms with Gasteiger partial charge in [0, 0.05) is 23.5 Å². The predicted molar refractivity (Wildman–Crippen MR) is 51.5 cm³/mol. The zero-order valence-corrected chi connectivity index (χ0v) is 7.23. The molecule has 0 atom stereocenters. The lowest BCUT2D eigenvalue weighted by atomic mass is 10.1. The van der Waals surface area contributed by atoms with Crippen molar-refractivity contribution >= 4 is 11.0 Å². The van der Waals surface area contributed by atoms with Gasteiger partial charge in [-0.25, -0.2) is 0 Å². The van der Waals surface area contributed by atoms with Crippen LogP contribution in [0.4, 0.5) is 0 Å². The van der Waals surface area contributed by atoms with Crippen LogP contribution in [0.1, 0.15) is 0 Å². The molecular weight excluding hydrogens is 178 g/mol. The highest BCUT2D eigenvalue weighted by Gasteiger charge is 2.02. The van der Waals surface area contributed by atoms with Crippen molar-refractivity contribution in [3.63, 3.8) is 0 Å². The lowest BCUT2D eigenvalue weighted by molar-refractivity contribution is 1.09. The second kappa shape index (κ2) is 2.66. The summed E-state index contributed by atoms with van der Waals surface area (Å²) in [5.74, 6) is 0. The third kappa shape index (κ3) is 0.990. The van der Waals surface area contributed by atoms with Crippen LogP contribution in [0.15, 0.2) is 30.9 Å². The van der Waals surface area contributed by atoms with E-state index < -0.39 is 0 Å². The van der Waals surface area contributed by atoms with Gasteiger partial charge in [-0.15, -0.1) is 0 Å².